The van der Waals surface area contributed by atoms with Crippen LogP contribution in [-0.2, 0) is 17.2 Å². The van der Waals surface area contributed by atoms with Crippen molar-refractivity contribution < 1.29 is 13.9 Å². The molecular weight excluding hydrogens is 320 g/mol. The first-order valence-corrected chi connectivity index (χ1v) is 7.07. The molecule has 112 valence electrons. The number of esters is 1. The molecule has 0 atom stereocenters. The molecule has 1 heterocycles. The lowest BCUT2D eigenvalue weighted by Crippen LogP contribution is -2.10. The Hall–Kier alpha value is -1.66. The normalized spacial score (nSPS) is 10.7. The van der Waals surface area contributed by atoms with Crippen LogP contribution in [0.25, 0.3) is 0 Å². The summed E-state index contributed by atoms with van der Waals surface area (Å²) in [4.78, 5) is 11.7. The van der Waals surface area contributed by atoms with Crippen LogP contribution in [-0.4, -0.2) is 27.6 Å². The summed E-state index contributed by atoms with van der Waals surface area (Å²) in [5.74, 6) is -1.02. The lowest BCUT2D eigenvalue weighted by molar-refractivity contribution is 0.0518. The van der Waals surface area contributed by atoms with Crippen molar-refractivity contribution in [1.82, 2.24) is 15.0 Å². The Morgan fingerprint density at radius 1 is 1.48 bits per heavy atom. The van der Waals surface area contributed by atoms with Crippen molar-refractivity contribution in [3.05, 3.63) is 46.0 Å². The van der Waals surface area contributed by atoms with E-state index in [0.717, 1.165) is 0 Å². The zero-order valence-corrected chi connectivity index (χ0v) is 12.7. The lowest BCUT2D eigenvalue weighted by Gasteiger charge is -2.06. The van der Waals surface area contributed by atoms with Crippen LogP contribution < -0.4 is 0 Å². The highest BCUT2D eigenvalue weighted by molar-refractivity contribution is 6.30. The smallest absolute Gasteiger partial charge is 0.360 e. The molecule has 5 nitrogen and oxygen atoms in total. The minimum atomic E-state index is -0.573. The summed E-state index contributed by atoms with van der Waals surface area (Å²) in [6.45, 7) is 2.21. The van der Waals surface area contributed by atoms with Crippen molar-refractivity contribution in [3.8, 4) is 0 Å². The Balaban J connectivity index is 2.28. The fourth-order valence-corrected chi connectivity index (χ4v) is 2.23. The van der Waals surface area contributed by atoms with Gasteiger partial charge in [-0.2, -0.15) is 0 Å². The van der Waals surface area contributed by atoms with E-state index in [0.29, 0.717) is 11.3 Å². The standard InChI is InChI=1S/C13H12Cl2FN3O2/c1-2-21-13(20)12-11(6-14)19(18-17-12)7-8-3-4-10(16)9(15)5-8/h3-5H,2,6-7H2,1H3. The molecule has 0 spiro atoms. The zero-order chi connectivity index (χ0) is 15.4. The van der Waals surface area contributed by atoms with Gasteiger partial charge in [-0.15, -0.1) is 16.7 Å². The molecule has 1 aromatic heterocycles. The van der Waals surface area contributed by atoms with E-state index in [1.165, 1.54) is 16.8 Å². The maximum Gasteiger partial charge on any atom is 0.360 e. The highest BCUT2D eigenvalue weighted by atomic mass is 35.5. The first kappa shape index (κ1) is 15.7. The number of nitrogens with zero attached hydrogens (tertiary/aromatic N) is 3. The van der Waals surface area contributed by atoms with Crippen LogP contribution in [0.5, 0.6) is 0 Å². The molecule has 0 bridgehead atoms. The van der Waals surface area contributed by atoms with Crippen molar-refractivity contribution in [1.29, 1.82) is 0 Å². The summed E-state index contributed by atoms with van der Waals surface area (Å²) in [6.07, 6.45) is 0. The molecule has 2 aromatic rings. The van der Waals surface area contributed by atoms with Crippen molar-refractivity contribution >= 4 is 29.2 Å². The van der Waals surface area contributed by atoms with Crippen LogP contribution in [0.3, 0.4) is 0 Å². The molecule has 0 amide bonds. The molecule has 0 aliphatic carbocycles. The molecule has 1 aromatic carbocycles. The molecule has 0 aliphatic rings. The van der Waals surface area contributed by atoms with E-state index in [1.54, 1.807) is 13.0 Å². The number of carbonyl (C=O) groups excluding carboxylic acids is 1. The van der Waals surface area contributed by atoms with Crippen LogP contribution in [0, 0.1) is 5.82 Å². The summed E-state index contributed by atoms with van der Waals surface area (Å²) < 4.78 is 19.5. The van der Waals surface area contributed by atoms with Gasteiger partial charge in [-0.05, 0) is 24.6 Å². The number of rotatable bonds is 5. The molecule has 0 radical (unpaired) electrons. The van der Waals surface area contributed by atoms with E-state index in [4.69, 9.17) is 27.9 Å². The summed E-state index contributed by atoms with van der Waals surface area (Å²) in [5.41, 5.74) is 1.24. The minimum Gasteiger partial charge on any atom is -0.461 e. The number of ether oxygens (including phenoxy) is 1. The fourth-order valence-electron chi connectivity index (χ4n) is 1.76. The van der Waals surface area contributed by atoms with Gasteiger partial charge in [-0.3, -0.25) is 0 Å². The number of benzene rings is 1. The Kier molecular flexibility index (Phi) is 5.14. The third-order valence-corrected chi connectivity index (χ3v) is 3.29. The predicted molar refractivity (Wildman–Crippen MR) is 76.0 cm³/mol. The average Bonchev–Trinajstić information content (AvgIpc) is 2.86. The van der Waals surface area contributed by atoms with Gasteiger partial charge in [-0.25, -0.2) is 13.9 Å². The second kappa shape index (κ2) is 6.87. The van der Waals surface area contributed by atoms with Crippen LogP contribution in [0.4, 0.5) is 4.39 Å². The van der Waals surface area contributed by atoms with Gasteiger partial charge in [0.05, 0.1) is 29.7 Å². The molecule has 0 unspecified atom stereocenters. The molecule has 2 rings (SSSR count). The van der Waals surface area contributed by atoms with Crippen molar-refractivity contribution in [2.45, 2.75) is 19.3 Å². The molecule has 21 heavy (non-hydrogen) atoms. The summed E-state index contributed by atoms with van der Waals surface area (Å²) in [7, 11) is 0. The number of alkyl halides is 1. The highest BCUT2D eigenvalue weighted by Gasteiger charge is 2.20. The molecular formula is C13H12Cl2FN3O2. The van der Waals surface area contributed by atoms with Crippen LogP contribution in [0.15, 0.2) is 18.2 Å². The molecule has 8 heteroatoms. The minimum absolute atomic E-state index is 0.0191. The average molecular weight is 332 g/mol. The van der Waals surface area contributed by atoms with Crippen molar-refractivity contribution in [2.75, 3.05) is 6.61 Å². The number of halogens is 3. The zero-order valence-electron chi connectivity index (χ0n) is 11.1. The van der Waals surface area contributed by atoms with Gasteiger partial charge in [0.2, 0.25) is 0 Å². The topological polar surface area (TPSA) is 57.0 Å². The summed E-state index contributed by atoms with van der Waals surface area (Å²) in [5, 5.41) is 7.69. The van der Waals surface area contributed by atoms with E-state index >= 15 is 0 Å². The van der Waals surface area contributed by atoms with Gasteiger partial charge in [0.15, 0.2) is 5.69 Å². The Labute approximate surface area is 130 Å². The largest absolute Gasteiger partial charge is 0.461 e. The number of hydrogen-bond donors (Lipinski definition) is 0. The Morgan fingerprint density at radius 3 is 2.86 bits per heavy atom. The second-order valence-electron chi connectivity index (χ2n) is 4.14. The van der Waals surface area contributed by atoms with Crippen molar-refractivity contribution in [3.63, 3.8) is 0 Å². The van der Waals surface area contributed by atoms with E-state index in [-0.39, 0.29) is 29.7 Å². The second-order valence-corrected chi connectivity index (χ2v) is 4.82. The van der Waals surface area contributed by atoms with Crippen LogP contribution in [0.1, 0.15) is 28.7 Å². The SMILES string of the molecule is CCOC(=O)c1nnn(Cc2ccc(F)c(Cl)c2)c1CCl. The first-order chi connectivity index (χ1) is 10.1. The van der Waals surface area contributed by atoms with Gasteiger partial charge >= 0.3 is 5.97 Å². The van der Waals surface area contributed by atoms with Crippen LogP contribution in [0.2, 0.25) is 5.02 Å². The highest BCUT2D eigenvalue weighted by Crippen LogP contribution is 2.18. The molecule has 0 N–H and O–H groups in total. The third-order valence-electron chi connectivity index (χ3n) is 2.75. The monoisotopic (exact) mass is 331 g/mol. The number of hydrogen-bond acceptors (Lipinski definition) is 4. The van der Waals surface area contributed by atoms with Gasteiger partial charge in [0, 0.05) is 0 Å². The number of carbonyl (C=O) groups is 1. The fraction of sp³-hybridized carbons (Fsp3) is 0.308. The Bertz CT molecular complexity index is 661. The molecule has 0 aliphatic heterocycles. The molecule has 0 saturated heterocycles. The number of aromatic nitrogens is 3. The first-order valence-electron chi connectivity index (χ1n) is 6.16. The van der Waals surface area contributed by atoms with E-state index in [1.807, 2.05) is 0 Å². The summed E-state index contributed by atoms with van der Waals surface area (Å²) in [6, 6.07) is 4.33. The quantitative estimate of drug-likeness (QED) is 0.624. The lowest BCUT2D eigenvalue weighted by atomic mass is 10.2. The maximum absolute atomic E-state index is 13.1. The Morgan fingerprint density at radius 2 is 2.24 bits per heavy atom. The summed E-state index contributed by atoms with van der Waals surface area (Å²) >= 11 is 11.6. The molecule has 0 saturated carbocycles. The van der Waals surface area contributed by atoms with Gasteiger partial charge in [0.1, 0.15) is 5.82 Å². The maximum atomic E-state index is 13.1. The molecule has 0 fully saturated rings. The van der Waals surface area contributed by atoms with Crippen molar-refractivity contribution in [2.24, 2.45) is 0 Å². The van der Waals surface area contributed by atoms with E-state index < -0.39 is 11.8 Å². The van der Waals surface area contributed by atoms with Gasteiger partial charge < -0.3 is 4.74 Å². The van der Waals surface area contributed by atoms with Crippen LogP contribution >= 0.6 is 23.2 Å². The third kappa shape index (κ3) is 3.51. The van der Waals surface area contributed by atoms with Gasteiger partial charge in [0.25, 0.3) is 0 Å². The van der Waals surface area contributed by atoms with E-state index in [2.05, 4.69) is 10.3 Å². The van der Waals surface area contributed by atoms with E-state index in [9.17, 15) is 9.18 Å². The van der Waals surface area contributed by atoms with Gasteiger partial charge in [-0.1, -0.05) is 22.9 Å². The predicted octanol–water partition coefficient (Wildman–Crippen LogP) is 3.03.